The average Bonchev–Trinajstić information content (AvgIpc) is 2.91. The molecule has 9 heteroatoms. The normalized spacial score (nSPS) is 17.9. The summed E-state index contributed by atoms with van der Waals surface area (Å²) in [6, 6.07) is 11.9. The van der Waals surface area contributed by atoms with Gasteiger partial charge >= 0.3 is 0 Å². The molecule has 2 aromatic heterocycles. The zero-order valence-electron chi connectivity index (χ0n) is 20.5. The number of benzene rings is 1. The molecule has 1 N–H and O–H groups in total. The molecule has 0 spiro atoms. The van der Waals surface area contributed by atoms with Crippen LogP contribution in [0.3, 0.4) is 0 Å². The number of anilines is 1. The van der Waals surface area contributed by atoms with Crippen molar-refractivity contribution in [3.05, 3.63) is 70.3 Å². The van der Waals surface area contributed by atoms with E-state index < -0.39 is 0 Å². The van der Waals surface area contributed by atoms with Gasteiger partial charge in [0.1, 0.15) is 22.8 Å². The number of ether oxygens (including phenoxy) is 2. The third-order valence-electron chi connectivity index (χ3n) is 6.90. The van der Waals surface area contributed by atoms with Gasteiger partial charge in [-0.15, -0.1) is 0 Å². The molecule has 0 radical (unpaired) electrons. The molecule has 8 nitrogen and oxygen atoms in total. The maximum atomic E-state index is 13.2. The highest BCUT2D eigenvalue weighted by Gasteiger charge is 2.27. The summed E-state index contributed by atoms with van der Waals surface area (Å²) in [6.45, 7) is 3.36. The Morgan fingerprint density at radius 1 is 1.11 bits per heavy atom. The number of hydrogen-bond acceptors (Lipinski definition) is 7. The van der Waals surface area contributed by atoms with Gasteiger partial charge in [-0.25, -0.2) is 15.0 Å². The number of aryl methyl sites for hydroxylation is 1. The number of halogens is 1. The second kappa shape index (κ2) is 10.7. The molecular formula is C27H30ClN5O3. The quantitative estimate of drug-likeness (QED) is 0.484. The topological polar surface area (TPSA) is 89.5 Å². The summed E-state index contributed by atoms with van der Waals surface area (Å²) in [7, 11) is 1.59. The third kappa shape index (κ3) is 5.23. The summed E-state index contributed by atoms with van der Waals surface area (Å²) >= 11 is 6.47. The van der Waals surface area contributed by atoms with Crippen LogP contribution in [-0.4, -0.2) is 47.2 Å². The summed E-state index contributed by atoms with van der Waals surface area (Å²) in [5.74, 6) is 1.78. The molecule has 0 bridgehead atoms. The molecule has 0 saturated carbocycles. The number of nitrogens with one attached hydrogen (secondary N) is 1. The predicted octanol–water partition coefficient (Wildman–Crippen LogP) is 4.70. The van der Waals surface area contributed by atoms with Crippen LogP contribution in [-0.2, 0) is 6.42 Å². The van der Waals surface area contributed by atoms with Gasteiger partial charge in [0.15, 0.2) is 0 Å². The summed E-state index contributed by atoms with van der Waals surface area (Å²) in [5, 5.41) is 3.44. The van der Waals surface area contributed by atoms with Gasteiger partial charge in [0.2, 0.25) is 11.7 Å². The SMILES string of the molecule is COc1ccc(OC2CCN(c3nc(C(=O)NC4CCCc5ccccc54)nc(Cl)c3C)CC2)cn1. The zero-order valence-corrected chi connectivity index (χ0v) is 21.3. The lowest BCUT2D eigenvalue weighted by atomic mass is 9.88. The fraction of sp³-hybridized carbons (Fsp3) is 0.407. The van der Waals surface area contributed by atoms with Crippen molar-refractivity contribution in [1.29, 1.82) is 0 Å². The Labute approximate surface area is 216 Å². The van der Waals surface area contributed by atoms with Crippen molar-refractivity contribution >= 4 is 23.3 Å². The molecule has 1 aliphatic heterocycles. The maximum absolute atomic E-state index is 13.2. The molecule has 36 heavy (non-hydrogen) atoms. The first-order chi connectivity index (χ1) is 17.5. The minimum absolute atomic E-state index is 0.0464. The van der Waals surface area contributed by atoms with Crippen LogP contribution in [0, 0.1) is 6.92 Å². The summed E-state index contributed by atoms with van der Waals surface area (Å²) in [6.07, 6.45) is 6.34. The zero-order chi connectivity index (χ0) is 25.1. The van der Waals surface area contributed by atoms with E-state index in [9.17, 15) is 4.79 Å². The monoisotopic (exact) mass is 507 g/mol. The number of carbonyl (C=O) groups is 1. The summed E-state index contributed by atoms with van der Waals surface area (Å²) < 4.78 is 11.2. The van der Waals surface area contributed by atoms with E-state index in [1.807, 2.05) is 25.1 Å². The van der Waals surface area contributed by atoms with Gasteiger partial charge in [0.05, 0.1) is 19.3 Å². The van der Waals surface area contributed by atoms with E-state index in [1.54, 1.807) is 19.4 Å². The second-order valence-electron chi connectivity index (χ2n) is 9.24. The van der Waals surface area contributed by atoms with Crippen LogP contribution in [0.5, 0.6) is 11.6 Å². The fourth-order valence-electron chi connectivity index (χ4n) is 4.95. The van der Waals surface area contributed by atoms with Gasteiger partial charge in [-0.1, -0.05) is 35.9 Å². The van der Waals surface area contributed by atoms with E-state index in [1.165, 1.54) is 11.1 Å². The predicted molar refractivity (Wildman–Crippen MR) is 138 cm³/mol. The number of aromatic nitrogens is 3. The van der Waals surface area contributed by atoms with Gasteiger partial charge in [-0.05, 0) is 43.4 Å². The molecule has 1 fully saturated rings. The Balaban J connectivity index is 1.26. The molecule has 1 atom stereocenters. The molecule has 5 rings (SSSR count). The third-order valence-corrected chi connectivity index (χ3v) is 7.27. The number of rotatable bonds is 6. The van der Waals surface area contributed by atoms with Crippen LogP contribution in [0.2, 0.25) is 5.15 Å². The van der Waals surface area contributed by atoms with Crippen LogP contribution < -0.4 is 19.7 Å². The van der Waals surface area contributed by atoms with Gasteiger partial charge in [-0.2, -0.15) is 0 Å². The lowest BCUT2D eigenvalue weighted by Gasteiger charge is -2.34. The van der Waals surface area contributed by atoms with E-state index >= 15 is 0 Å². The van der Waals surface area contributed by atoms with E-state index in [-0.39, 0.29) is 23.9 Å². The maximum Gasteiger partial charge on any atom is 0.289 e. The lowest BCUT2D eigenvalue weighted by molar-refractivity contribution is 0.0922. The van der Waals surface area contributed by atoms with Crippen LogP contribution in [0.1, 0.15) is 59.0 Å². The molecule has 3 aromatic rings. The van der Waals surface area contributed by atoms with Crippen molar-refractivity contribution in [2.75, 3.05) is 25.1 Å². The van der Waals surface area contributed by atoms with Crippen LogP contribution in [0.25, 0.3) is 0 Å². The smallest absolute Gasteiger partial charge is 0.289 e. The Morgan fingerprint density at radius 2 is 1.92 bits per heavy atom. The highest BCUT2D eigenvalue weighted by molar-refractivity contribution is 6.30. The van der Waals surface area contributed by atoms with E-state index in [2.05, 4.69) is 37.3 Å². The van der Waals surface area contributed by atoms with Crippen molar-refractivity contribution in [1.82, 2.24) is 20.3 Å². The first-order valence-electron chi connectivity index (χ1n) is 12.4. The molecule has 1 amide bonds. The Kier molecular flexibility index (Phi) is 7.23. The van der Waals surface area contributed by atoms with Gasteiger partial charge in [0, 0.05) is 37.6 Å². The minimum Gasteiger partial charge on any atom is -0.489 e. The van der Waals surface area contributed by atoms with Crippen molar-refractivity contribution in [3.63, 3.8) is 0 Å². The van der Waals surface area contributed by atoms with E-state index in [0.717, 1.165) is 56.5 Å². The van der Waals surface area contributed by atoms with Crippen molar-refractivity contribution in [3.8, 4) is 11.6 Å². The first kappa shape index (κ1) is 24.3. The molecule has 1 saturated heterocycles. The largest absolute Gasteiger partial charge is 0.489 e. The van der Waals surface area contributed by atoms with Crippen molar-refractivity contribution in [2.24, 2.45) is 0 Å². The number of nitrogens with zero attached hydrogens (tertiary/aromatic N) is 4. The lowest BCUT2D eigenvalue weighted by Crippen LogP contribution is -2.39. The second-order valence-corrected chi connectivity index (χ2v) is 9.60. The van der Waals surface area contributed by atoms with Gasteiger partial charge < -0.3 is 19.7 Å². The number of fused-ring (bicyclic) bond motifs is 1. The first-order valence-corrected chi connectivity index (χ1v) is 12.7. The Hall–Kier alpha value is -3.39. The van der Waals surface area contributed by atoms with E-state index in [0.29, 0.717) is 16.9 Å². The Morgan fingerprint density at radius 3 is 2.67 bits per heavy atom. The highest BCUT2D eigenvalue weighted by atomic mass is 35.5. The van der Waals surface area contributed by atoms with Crippen LogP contribution in [0.4, 0.5) is 5.82 Å². The average molecular weight is 508 g/mol. The fourth-order valence-corrected chi connectivity index (χ4v) is 5.11. The number of pyridine rings is 1. The number of piperidine rings is 1. The molecule has 1 aliphatic carbocycles. The molecule has 1 aromatic carbocycles. The van der Waals surface area contributed by atoms with E-state index in [4.69, 9.17) is 21.1 Å². The number of methoxy groups -OCH3 is 1. The molecule has 1 unspecified atom stereocenters. The number of carbonyl (C=O) groups excluding carboxylic acids is 1. The van der Waals surface area contributed by atoms with Gasteiger partial charge in [-0.3, -0.25) is 4.79 Å². The molecular weight excluding hydrogens is 478 g/mol. The number of hydrogen-bond donors (Lipinski definition) is 1. The molecule has 2 aliphatic rings. The molecule has 188 valence electrons. The van der Waals surface area contributed by atoms with Crippen LogP contribution >= 0.6 is 11.6 Å². The van der Waals surface area contributed by atoms with Gasteiger partial charge in [0.25, 0.3) is 5.91 Å². The summed E-state index contributed by atoms with van der Waals surface area (Å²) in [5.41, 5.74) is 3.23. The highest BCUT2D eigenvalue weighted by Crippen LogP contribution is 2.31. The number of amides is 1. The molecule has 3 heterocycles. The van der Waals surface area contributed by atoms with Crippen molar-refractivity contribution in [2.45, 2.75) is 51.2 Å². The summed E-state index contributed by atoms with van der Waals surface area (Å²) in [4.78, 5) is 28.5. The minimum atomic E-state index is -0.301. The Bertz CT molecular complexity index is 1230. The standard InChI is InChI=1S/C27H30ClN5O3/c1-17-24(28)31-25(27(34)30-22-9-5-7-18-6-3-4-8-21(18)22)32-26(17)33-14-12-19(13-15-33)36-20-10-11-23(35-2)29-16-20/h3-4,6,8,10-11,16,19,22H,5,7,9,12-15H2,1-2H3,(H,30,34). The van der Waals surface area contributed by atoms with Crippen molar-refractivity contribution < 1.29 is 14.3 Å². The van der Waals surface area contributed by atoms with Crippen LogP contribution in [0.15, 0.2) is 42.6 Å².